The number of rotatable bonds is 4. The van der Waals surface area contributed by atoms with Crippen molar-refractivity contribution in [2.75, 3.05) is 13.2 Å². The lowest BCUT2D eigenvalue weighted by molar-refractivity contribution is 0.271. The summed E-state index contributed by atoms with van der Waals surface area (Å²) in [5.41, 5.74) is 8.01. The number of aryl methyl sites for hydroxylation is 2. The first-order chi connectivity index (χ1) is 12.5. The first-order valence-corrected chi connectivity index (χ1v) is 9.60. The van der Waals surface area contributed by atoms with E-state index in [0.29, 0.717) is 5.92 Å². The van der Waals surface area contributed by atoms with Gasteiger partial charge in [-0.3, -0.25) is 0 Å². The van der Waals surface area contributed by atoms with Crippen molar-refractivity contribution in [3.8, 4) is 5.75 Å². The molecule has 2 N–H and O–H groups in total. The number of benzene rings is 2. The van der Waals surface area contributed by atoms with E-state index in [4.69, 9.17) is 4.74 Å². The zero-order chi connectivity index (χ0) is 18.3. The van der Waals surface area contributed by atoms with Gasteiger partial charge in [-0.1, -0.05) is 37.6 Å². The van der Waals surface area contributed by atoms with Crippen molar-refractivity contribution in [3.05, 3.63) is 64.3 Å². The Morgan fingerprint density at radius 3 is 2.62 bits per heavy atom. The van der Waals surface area contributed by atoms with Gasteiger partial charge in [-0.2, -0.15) is 0 Å². The van der Waals surface area contributed by atoms with Crippen LogP contribution in [0, 0.1) is 19.8 Å². The number of H-pyrrole nitrogens is 1. The number of ether oxygens (including phenoxy) is 1. The van der Waals surface area contributed by atoms with Crippen LogP contribution in [0.5, 0.6) is 5.75 Å². The van der Waals surface area contributed by atoms with E-state index in [0.717, 1.165) is 25.3 Å². The molecule has 0 saturated carbocycles. The Hall–Kier alpha value is -2.26. The smallest absolute Gasteiger partial charge is 0.119 e. The zero-order valence-electron chi connectivity index (χ0n) is 16.1. The number of nitrogens with one attached hydrogen (secondary N) is 2. The molecular weight excluding hydrogens is 320 g/mol. The molecule has 0 saturated heterocycles. The maximum atomic E-state index is 5.83. The van der Waals surface area contributed by atoms with Crippen LogP contribution in [-0.4, -0.2) is 18.1 Å². The molecule has 3 heteroatoms. The summed E-state index contributed by atoms with van der Waals surface area (Å²) >= 11 is 0. The van der Waals surface area contributed by atoms with Gasteiger partial charge in [0.05, 0.1) is 12.6 Å². The van der Waals surface area contributed by atoms with Crippen LogP contribution < -0.4 is 10.1 Å². The largest absolute Gasteiger partial charge is 0.493 e. The molecule has 0 fully saturated rings. The van der Waals surface area contributed by atoms with Crippen LogP contribution in [-0.2, 0) is 6.42 Å². The quantitative estimate of drug-likeness (QED) is 0.692. The lowest BCUT2D eigenvalue weighted by Crippen LogP contribution is -2.30. The van der Waals surface area contributed by atoms with Crippen LogP contribution in [0.25, 0.3) is 10.9 Å². The van der Waals surface area contributed by atoms with Crippen molar-refractivity contribution in [2.45, 2.75) is 40.2 Å². The number of hydrogen-bond donors (Lipinski definition) is 2. The highest BCUT2D eigenvalue weighted by atomic mass is 16.5. The fourth-order valence-electron chi connectivity index (χ4n) is 3.99. The maximum absolute atomic E-state index is 5.83. The second-order valence-electron chi connectivity index (χ2n) is 7.93. The summed E-state index contributed by atoms with van der Waals surface area (Å²) in [4.78, 5) is 3.72. The summed E-state index contributed by atoms with van der Waals surface area (Å²) in [5.74, 6) is 1.48. The highest BCUT2D eigenvalue weighted by Gasteiger charge is 2.25. The third kappa shape index (κ3) is 3.12. The summed E-state index contributed by atoms with van der Waals surface area (Å²) < 4.78 is 5.83. The van der Waals surface area contributed by atoms with Crippen LogP contribution in [0.4, 0.5) is 0 Å². The predicted molar refractivity (Wildman–Crippen MR) is 108 cm³/mol. The summed E-state index contributed by atoms with van der Waals surface area (Å²) in [6.45, 7) is 10.5. The first kappa shape index (κ1) is 17.2. The minimum atomic E-state index is 0.213. The molecule has 1 aliphatic heterocycles. The number of fused-ring (bicyclic) bond motifs is 3. The van der Waals surface area contributed by atoms with Crippen LogP contribution in [0.1, 0.15) is 47.8 Å². The summed E-state index contributed by atoms with van der Waals surface area (Å²) in [6.07, 6.45) is 1.07. The van der Waals surface area contributed by atoms with Gasteiger partial charge in [0.2, 0.25) is 0 Å². The molecule has 0 spiro atoms. The number of aromatic nitrogens is 1. The summed E-state index contributed by atoms with van der Waals surface area (Å²) in [7, 11) is 0. The molecule has 0 bridgehead atoms. The molecule has 1 aliphatic rings. The Morgan fingerprint density at radius 1 is 1.12 bits per heavy atom. The topological polar surface area (TPSA) is 37.0 Å². The molecule has 1 atom stereocenters. The summed E-state index contributed by atoms with van der Waals surface area (Å²) in [6, 6.07) is 13.3. The van der Waals surface area contributed by atoms with Crippen molar-refractivity contribution < 1.29 is 4.74 Å². The van der Waals surface area contributed by atoms with Gasteiger partial charge in [0, 0.05) is 23.1 Å². The second-order valence-corrected chi connectivity index (χ2v) is 7.93. The third-order valence-corrected chi connectivity index (χ3v) is 5.20. The van der Waals surface area contributed by atoms with Gasteiger partial charge in [-0.15, -0.1) is 0 Å². The average molecular weight is 348 g/mol. The van der Waals surface area contributed by atoms with E-state index in [2.05, 4.69) is 74.4 Å². The highest BCUT2D eigenvalue weighted by molar-refractivity contribution is 5.88. The van der Waals surface area contributed by atoms with Gasteiger partial charge < -0.3 is 15.0 Å². The fourth-order valence-corrected chi connectivity index (χ4v) is 3.99. The molecule has 3 nitrogen and oxygen atoms in total. The lowest BCUT2D eigenvalue weighted by atomic mass is 9.93. The standard InChI is InChI=1S/C23H28N2O/c1-14(2)13-26-18-7-5-17(6-8-18)22-23-19(9-10-24-22)20-12-15(3)11-16(4)21(20)25-23/h5-8,11-12,14,22,24-25H,9-10,13H2,1-4H3. The van der Waals surface area contributed by atoms with Gasteiger partial charge in [0.25, 0.3) is 0 Å². The van der Waals surface area contributed by atoms with Crippen molar-refractivity contribution in [2.24, 2.45) is 5.92 Å². The SMILES string of the molecule is Cc1cc(C)c2[nH]c3c(c2c1)CCNC3c1ccc(OCC(C)C)cc1. The molecular formula is C23H28N2O. The molecule has 26 heavy (non-hydrogen) atoms. The zero-order valence-corrected chi connectivity index (χ0v) is 16.1. The highest BCUT2D eigenvalue weighted by Crippen LogP contribution is 2.35. The Kier molecular flexibility index (Phi) is 4.49. The van der Waals surface area contributed by atoms with E-state index >= 15 is 0 Å². The van der Waals surface area contributed by atoms with Gasteiger partial charge in [-0.05, 0) is 61.1 Å². The van der Waals surface area contributed by atoms with E-state index < -0.39 is 0 Å². The fraction of sp³-hybridized carbons (Fsp3) is 0.391. The Morgan fingerprint density at radius 2 is 1.88 bits per heavy atom. The molecule has 1 unspecified atom stereocenters. The monoisotopic (exact) mass is 348 g/mol. The minimum Gasteiger partial charge on any atom is -0.493 e. The predicted octanol–water partition coefficient (Wildman–Crippen LogP) is 5.05. The Labute approximate surface area is 155 Å². The van der Waals surface area contributed by atoms with Crippen LogP contribution in [0.2, 0.25) is 0 Å². The van der Waals surface area contributed by atoms with Crippen molar-refractivity contribution in [1.29, 1.82) is 0 Å². The van der Waals surface area contributed by atoms with Crippen LogP contribution in [0.15, 0.2) is 36.4 Å². The molecule has 0 radical (unpaired) electrons. The first-order valence-electron chi connectivity index (χ1n) is 9.60. The lowest BCUT2D eigenvalue weighted by Gasteiger charge is -2.25. The van der Waals surface area contributed by atoms with Crippen molar-refractivity contribution in [3.63, 3.8) is 0 Å². The molecule has 3 aromatic rings. The number of aromatic amines is 1. The Balaban J connectivity index is 1.69. The maximum Gasteiger partial charge on any atom is 0.119 e. The van der Waals surface area contributed by atoms with Gasteiger partial charge in [0.1, 0.15) is 5.75 Å². The molecule has 1 aromatic heterocycles. The van der Waals surface area contributed by atoms with Crippen LogP contribution >= 0.6 is 0 Å². The molecule has 2 aromatic carbocycles. The van der Waals surface area contributed by atoms with E-state index in [1.54, 1.807) is 0 Å². The van der Waals surface area contributed by atoms with Crippen LogP contribution in [0.3, 0.4) is 0 Å². The normalized spacial score (nSPS) is 16.9. The van der Waals surface area contributed by atoms with Crippen molar-refractivity contribution >= 4 is 10.9 Å². The third-order valence-electron chi connectivity index (χ3n) is 5.20. The average Bonchev–Trinajstić information content (AvgIpc) is 2.99. The van der Waals surface area contributed by atoms with E-state index in [1.165, 1.54) is 38.9 Å². The number of hydrogen-bond acceptors (Lipinski definition) is 2. The van der Waals surface area contributed by atoms with Gasteiger partial charge in [-0.25, -0.2) is 0 Å². The second kappa shape index (κ2) is 6.81. The molecule has 0 amide bonds. The molecule has 2 heterocycles. The van der Waals surface area contributed by atoms with E-state index in [-0.39, 0.29) is 6.04 Å². The molecule has 0 aliphatic carbocycles. The van der Waals surface area contributed by atoms with E-state index in [1.807, 2.05) is 0 Å². The molecule has 136 valence electrons. The summed E-state index contributed by atoms with van der Waals surface area (Å²) in [5, 5.41) is 5.07. The van der Waals surface area contributed by atoms with Gasteiger partial charge in [0.15, 0.2) is 0 Å². The van der Waals surface area contributed by atoms with Crippen molar-refractivity contribution in [1.82, 2.24) is 10.3 Å². The Bertz CT molecular complexity index is 922. The minimum absolute atomic E-state index is 0.213. The molecule has 4 rings (SSSR count). The van der Waals surface area contributed by atoms with E-state index in [9.17, 15) is 0 Å². The van der Waals surface area contributed by atoms with Gasteiger partial charge >= 0.3 is 0 Å².